The summed E-state index contributed by atoms with van der Waals surface area (Å²) >= 11 is 0. The lowest BCUT2D eigenvalue weighted by Gasteiger charge is -2.46. The van der Waals surface area contributed by atoms with Crippen LogP contribution in [0, 0.1) is 5.92 Å². The summed E-state index contributed by atoms with van der Waals surface area (Å²) in [5.74, 6) is 1.02. The van der Waals surface area contributed by atoms with Crippen molar-refractivity contribution in [1.82, 2.24) is 10.2 Å². The molecule has 0 amide bonds. The van der Waals surface area contributed by atoms with Crippen molar-refractivity contribution in [3.05, 3.63) is 0 Å². The van der Waals surface area contributed by atoms with Crippen LogP contribution >= 0.6 is 0 Å². The van der Waals surface area contributed by atoms with Gasteiger partial charge in [0.05, 0.1) is 0 Å². The first-order valence-corrected chi connectivity index (χ1v) is 8.77. The van der Waals surface area contributed by atoms with Gasteiger partial charge in [-0.3, -0.25) is 4.90 Å². The predicted octanol–water partition coefficient (Wildman–Crippen LogP) is 3.81. The number of hydrogen-bond donors (Lipinski definition) is 1. The fraction of sp³-hybridized carbons (Fsp3) is 1.00. The molecule has 2 heteroatoms. The normalized spacial score (nSPS) is 37.4. The highest BCUT2D eigenvalue weighted by Gasteiger charge is 2.33. The zero-order chi connectivity index (χ0) is 13.7. The van der Waals surface area contributed by atoms with E-state index in [0.29, 0.717) is 0 Å². The summed E-state index contributed by atoms with van der Waals surface area (Å²) in [5, 5.41) is 3.77. The quantitative estimate of drug-likeness (QED) is 0.814. The van der Waals surface area contributed by atoms with Gasteiger partial charge in [-0.25, -0.2) is 0 Å². The molecule has 1 aliphatic heterocycles. The van der Waals surface area contributed by atoms with Gasteiger partial charge in [0.2, 0.25) is 0 Å². The minimum absolute atomic E-state index is 0.747. The summed E-state index contributed by atoms with van der Waals surface area (Å²) in [5.41, 5.74) is 0. The lowest BCUT2D eigenvalue weighted by Crippen LogP contribution is -2.59. The van der Waals surface area contributed by atoms with Crippen LogP contribution in [0.4, 0.5) is 0 Å². The highest BCUT2D eigenvalue weighted by atomic mass is 15.3. The largest absolute Gasteiger partial charge is 0.311 e. The van der Waals surface area contributed by atoms with Crippen LogP contribution in [0.5, 0.6) is 0 Å². The summed E-state index contributed by atoms with van der Waals surface area (Å²) in [6.45, 7) is 9.55. The molecule has 1 heterocycles. The van der Waals surface area contributed by atoms with E-state index in [-0.39, 0.29) is 0 Å². The molecule has 2 fully saturated rings. The Balaban J connectivity index is 1.90. The molecule has 2 aliphatic rings. The van der Waals surface area contributed by atoms with E-state index in [9.17, 15) is 0 Å². The van der Waals surface area contributed by atoms with Crippen molar-refractivity contribution >= 4 is 0 Å². The highest BCUT2D eigenvalue weighted by molar-refractivity contribution is 4.91. The molecule has 2 unspecified atom stereocenters. The van der Waals surface area contributed by atoms with Crippen LogP contribution in [0.3, 0.4) is 0 Å². The van der Waals surface area contributed by atoms with Crippen LogP contribution in [-0.2, 0) is 0 Å². The molecule has 19 heavy (non-hydrogen) atoms. The Bertz CT molecular complexity index is 246. The van der Waals surface area contributed by atoms with Crippen LogP contribution in [-0.4, -0.2) is 36.1 Å². The van der Waals surface area contributed by atoms with Crippen LogP contribution in [0.25, 0.3) is 0 Å². The lowest BCUT2D eigenvalue weighted by atomic mass is 9.83. The monoisotopic (exact) mass is 266 g/mol. The predicted molar refractivity (Wildman–Crippen MR) is 83.5 cm³/mol. The third-order valence-electron chi connectivity index (χ3n) is 5.51. The molecule has 2 nitrogen and oxygen atoms in total. The Labute approximate surface area is 120 Å². The molecule has 0 aromatic heterocycles. The number of nitrogens with zero attached hydrogens (tertiary/aromatic N) is 1. The Morgan fingerprint density at radius 3 is 2.32 bits per heavy atom. The molecule has 2 rings (SSSR count). The Morgan fingerprint density at radius 1 is 1.00 bits per heavy atom. The van der Waals surface area contributed by atoms with Crippen LogP contribution in [0.2, 0.25) is 0 Å². The molecule has 2 atom stereocenters. The summed E-state index contributed by atoms with van der Waals surface area (Å²) in [7, 11) is 0. The number of piperazine rings is 1. The second-order valence-electron chi connectivity index (χ2n) is 6.74. The van der Waals surface area contributed by atoms with Gasteiger partial charge in [0.1, 0.15) is 0 Å². The first-order chi connectivity index (χ1) is 9.28. The van der Waals surface area contributed by atoms with Crippen LogP contribution in [0.15, 0.2) is 0 Å². The average molecular weight is 266 g/mol. The van der Waals surface area contributed by atoms with E-state index < -0.39 is 0 Å². The maximum Gasteiger partial charge on any atom is 0.0221 e. The summed E-state index contributed by atoms with van der Waals surface area (Å²) in [6, 6.07) is 2.42. The van der Waals surface area contributed by atoms with Gasteiger partial charge in [-0.2, -0.15) is 0 Å². The molecule has 1 aliphatic carbocycles. The van der Waals surface area contributed by atoms with Gasteiger partial charge in [-0.05, 0) is 44.4 Å². The second kappa shape index (κ2) is 7.64. The molecule has 1 saturated carbocycles. The van der Waals surface area contributed by atoms with Crippen molar-refractivity contribution < 1.29 is 0 Å². The van der Waals surface area contributed by atoms with Crippen molar-refractivity contribution in [1.29, 1.82) is 0 Å². The molecule has 0 bridgehead atoms. The summed E-state index contributed by atoms with van der Waals surface area (Å²) < 4.78 is 0. The first-order valence-electron chi connectivity index (χ1n) is 8.77. The van der Waals surface area contributed by atoms with Gasteiger partial charge in [-0.1, -0.05) is 33.6 Å². The smallest absolute Gasteiger partial charge is 0.0221 e. The third kappa shape index (κ3) is 3.95. The molecule has 112 valence electrons. The lowest BCUT2D eigenvalue weighted by molar-refractivity contribution is 0.0489. The molecule has 0 spiro atoms. The zero-order valence-corrected chi connectivity index (χ0v) is 13.3. The van der Waals surface area contributed by atoms with E-state index in [1.54, 1.807) is 0 Å². The van der Waals surface area contributed by atoms with E-state index >= 15 is 0 Å². The fourth-order valence-electron chi connectivity index (χ4n) is 4.14. The Kier molecular flexibility index (Phi) is 6.15. The molecular weight excluding hydrogens is 232 g/mol. The highest BCUT2D eigenvalue weighted by Crippen LogP contribution is 2.31. The van der Waals surface area contributed by atoms with Gasteiger partial charge < -0.3 is 5.32 Å². The summed E-state index contributed by atoms with van der Waals surface area (Å²) in [6.07, 6.45) is 11.2. The third-order valence-corrected chi connectivity index (χ3v) is 5.51. The van der Waals surface area contributed by atoms with Gasteiger partial charge >= 0.3 is 0 Å². The maximum atomic E-state index is 3.77. The van der Waals surface area contributed by atoms with Crippen molar-refractivity contribution in [2.45, 2.75) is 90.3 Å². The van der Waals surface area contributed by atoms with E-state index in [1.807, 2.05) is 0 Å². The summed E-state index contributed by atoms with van der Waals surface area (Å²) in [4.78, 5) is 2.88. The van der Waals surface area contributed by atoms with Crippen LogP contribution < -0.4 is 5.32 Å². The minimum atomic E-state index is 0.747. The van der Waals surface area contributed by atoms with Crippen molar-refractivity contribution in [3.8, 4) is 0 Å². The van der Waals surface area contributed by atoms with E-state index in [4.69, 9.17) is 0 Å². The number of nitrogens with one attached hydrogen (secondary N) is 1. The Morgan fingerprint density at radius 2 is 1.74 bits per heavy atom. The molecule has 0 aromatic carbocycles. The van der Waals surface area contributed by atoms with Gasteiger partial charge in [0.15, 0.2) is 0 Å². The van der Waals surface area contributed by atoms with Gasteiger partial charge in [0, 0.05) is 31.2 Å². The molecule has 0 aromatic rings. The van der Waals surface area contributed by atoms with Crippen molar-refractivity contribution in [2.75, 3.05) is 13.1 Å². The topological polar surface area (TPSA) is 15.3 Å². The van der Waals surface area contributed by atoms with E-state index in [0.717, 1.165) is 24.0 Å². The average Bonchev–Trinajstić information content (AvgIpc) is 2.47. The maximum absolute atomic E-state index is 3.77. The Hall–Kier alpha value is -0.0800. The van der Waals surface area contributed by atoms with Crippen molar-refractivity contribution in [2.24, 2.45) is 5.92 Å². The molecule has 1 saturated heterocycles. The molecular formula is C17H34N2. The number of rotatable bonds is 5. The molecule has 1 N–H and O–H groups in total. The van der Waals surface area contributed by atoms with E-state index in [2.05, 4.69) is 31.0 Å². The fourth-order valence-corrected chi connectivity index (χ4v) is 4.14. The standard InChI is InChI=1S/C17H34N2/c1-4-7-15-13-19(16(6-3)12-18-15)17-10-8-14(5-2)9-11-17/h14-18H,4-13H2,1-3H3. The first kappa shape index (κ1) is 15.3. The second-order valence-corrected chi connectivity index (χ2v) is 6.74. The zero-order valence-electron chi connectivity index (χ0n) is 13.3. The van der Waals surface area contributed by atoms with Crippen molar-refractivity contribution in [3.63, 3.8) is 0 Å². The van der Waals surface area contributed by atoms with E-state index in [1.165, 1.54) is 64.5 Å². The SMILES string of the molecule is CCCC1CN(C2CCC(CC)CC2)C(CC)CN1. The molecule has 0 radical (unpaired) electrons. The van der Waals surface area contributed by atoms with Crippen LogP contribution in [0.1, 0.15) is 72.1 Å². The number of hydrogen-bond acceptors (Lipinski definition) is 2. The van der Waals surface area contributed by atoms with Gasteiger partial charge in [0.25, 0.3) is 0 Å². The van der Waals surface area contributed by atoms with Gasteiger partial charge in [-0.15, -0.1) is 0 Å². The minimum Gasteiger partial charge on any atom is -0.311 e.